The van der Waals surface area contributed by atoms with Gasteiger partial charge >= 0.3 is 0 Å². The first-order valence-electron chi connectivity index (χ1n) is 6.83. The second kappa shape index (κ2) is 8.67. The van der Waals surface area contributed by atoms with Crippen molar-refractivity contribution in [1.29, 1.82) is 0 Å². The van der Waals surface area contributed by atoms with E-state index in [0.29, 0.717) is 4.90 Å². The molecule has 0 radical (unpaired) electrons. The standard InChI is InChI=1S/C14H24N2O2S2/c1-4-19-11-12(2)16-20(17,18)14-7-5-13(6-8-14)9-10-15-3/h5-8,12,15-16H,4,9-11H2,1-3H3. The molecule has 0 aliphatic carbocycles. The summed E-state index contributed by atoms with van der Waals surface area (Å²) in [5.41, 5.74) is 1.13. The molecule has 4 nitrogen and oxygen atoms in total. The number of hydrogen-bond donors (Lipinski definition) is 2. The number of sulfonamides is 1. The molecule has 1 aromatic rings. The molecule has 20 heavy (non-hydrogen) atoms. The van der Waals surface area contributed by atoms with Crippen molar-refractivity contribution in [2.45, 2.75) is 31.2 Å². The lowest BCUT2D eigenvalue weighted by Gasteiger charge is -2.13. The van der Waals surface area contributed by atoms with Gasteiger partial charge in [0.15, 0.2) is 0 Å². The van der Waals surface area contributed by atoms with Crippen LogP contribution in [-0.4, -0.2) is 39.6 Å². The number of hydrogen-bond acceptors (Lipinski definition) is 4. The van der Waals surface area contributed by atoms with Crippen molar-refractivity contribution in [3.05, 3.63) is 29.8 Å². The van der Waals surface area contributed by atoms with Gasteiger partial charge in [0.1, 0.15) is 0 Å². The molecule has 0 saturated carbocycles. The maximum atomic E-state index is 12.2. The highest BCUT2D eigenvalue weighted by molar-refractivity contribution is 7.99. The third-order valence-electron chi connectivity index (χ3n) is 2.83. The van der Waals surface area contributed by atoms with E-state index in [1.54, 1.807) is 23.9 Å². The second-order valence-electron chi connectivity index (χ2n) is 4.68. The molecule has 1 rings (SSSR count). The van der Waals surface area contributed by atoms with Crippen molar-refractivity contribution >= 4 is 21.8 Å². The monoisotopic (exact) mass is 316 g/mol. The highest BCUT2D eigenvalue weighted by Crippen LogP contribution is 2.12. The number of likely N-dealkylation sites (N-methyl/N-ethyl adjacent to an activating group) is 1. The summed E-state index contributed by atoms with van der Waals surface area (Å²) in [5.74, 6) is 1.78. The van der Waals surface area contributed by atoms with Crippen molar-refractivity contribution in [2.24, 2.45) is 0 Å². The molecule has 2 N–H and O–H groups in total. The maximum Gasteiger partial charge on any atom is 0.240 e. The predicted octanol–water partition coefficient (Wildman–Crippen LogP) is 1.87. The summed E-state index contributed by atoms with van der Waals surface area (Å²) in [4.78, 5) is 0.332. The lowest BCUT2D eigenvalue weighted by molar-refractivity contribution is 0.571. The highest BCUT2D eigenvalue weighted by atomic mass is 32.2. The van der Waals surface area contributed by atoms with Crippen LogP contribution in [0, 0.1) is 0 Å². The third kappa shape index (κ3) is 5.83. The molecule has 0 aliphatic rings. The Labute approximate surface area is 126 Å². The van der Waals surface area contributed by atoms with E-state index in [2.05, 4.69) is 17.0 Å². The molecule has 1 aromatic carbocycles. The van der Waals surface area contributed by atoms with Crippen molar-refractivity contribution in [1.82, 2.24) is 10.0 Å². The molecule has 0 aromatic heterocycles. The van der Waals surface area contributed by atoms with Crippen LogP contribution in [0.3, 0.4) is 0 Å². The third-order valence-corrected chi connectivity index (χ3v) is 5.58. The number of thioether (sulfide) groups is 1. The Balaban J connectivity index is 2.67. The fourth-order valence-electron chi connectivity index (χ4n) is 1.77. The maximum absolute atomic E-state index is 12.2. The Kier molecular flexibility index (Phi) is 7.58. The second-order valence-corrected chi connectivity index (χ2v) is 7.71. The van der Waals surface area contributed by atoms with Crippen LogP contribution in [0.2, 0.25) is 0 Å². The van der Waals surface area contributed by atoms with Gasteiger partial charge in [-0.1, -0.05) is 19.1 Å². The SMILES string of the molecule is CCSCC(C)NS(=O)(=O)c1ccc(CCNC)cc1. The van der Waals surface area contributed by atoms with E-state index < -0.39 is 10.0 Å². The molecule has 6 heteroatoms. The van der Waals surface area contributed by atoms with Gasteiger partial charge < -0.3 is 5.32 Å². The molecule has 0 fully saturated rings. The molecule has 0 amide bonds. The van der Waals surface area contributed by atoms with Crippen LogP contribution in [0.1, 0.15) is 19.4 Å². The summed E-state index contributed by atoms with van der Waals surface area (Å²) >= 11 is 1.73. The van der Waals surface area contributed by atoms with E-state index in [1.165, 1.54) is 0 Å². The molecule has 1 unspecified atom stereocenters. The van der Waals surface area contributed by atoms with Gasteiger partial charge in [-0.15, -0.1) is 0 Å². The summed E-state index contributed by atoms with van der Waals surface area (Å²) in [6.45, 7) is 4.84. The largest absolute Gasteiger partial charge is 0.319 e. The van der Waals surface area contributed by atoms with Gasteiger partial charge in [-0.2, -0.15) is 11.8 Å². The van der Waals surface area contributed by atoms with E-state index in [0.717, 1.165) is 30.0 Å². The summed E-state index contributed by atoms with van der Waals surface area (Å²) in [6, 6.07) is 7.03. The van der Waals surface area contributed by atoms with Crippen molar-refractivity contribution < 1.29 is 8.42 Å². The van der Waals surface area contributed by atoms with Crippen LogP contribution < -0.4 is 10.0 Å². The normalized spacial score (nSPS) is 13.3. The Morgan fingerprint density at radius 3 is 2.45 bits per heavy atom. The van der Waals surface area contributed by atoms with E-state index >= 15 is 0 Å². The topological polar surface area (TPSA) is 58.2 Å². The Morgan fingerprint density at radius 2 is 1.90 bits per heavy atom. The van der Waals surface area contributed by atoms with E-state index in [1.807, 2.05) is 26.1 Å². The smallest absolute Gasteiger partial charge is 0.240 e. The summed E-state index contributed by atoms with van der Waals surface area (Å²) in [5, 5.41) is 3.07. The van der Waals surface area contributed by atoms with Gasteiger partial charge in [0, 0.05) is 11.8 Å². The average Bonchev–Trinajstić information content (AvgIpc) is 2.43. The van der Waals surface area contributed by atoms with Crippen molar-refractivity contribution in [2.75, 3.05) is 25.1 Å². The van der Waals surface area contributed by atoms with E-state index in [4.69, 9.17) is 0 Å². The van der Waals surface area contributed by atoms with E-state index in [-0.39, 0.29) is 6.04 Å². The zero-order valence-electron chi connectivity index (χ0n) is 12.3. The minimum Gasteiger partial charge on any atom is -0.319 e. The van der Waals surface area contributed by atoms with Gasteiger partial charge in [-0.25, -0.2) is 13.1 Å². The lowest BCUT2D eigenvalue weighted by atomic mass is 10.1. The molecule has 0 bridgehead atoms. The van der Waals surface area contributed by atoms with Gasteiger partial charge in [0.25, 0.3) is 0 Å². The first kappa shape index (κ1) is 17.5. The van der Waals surface area contributed by atoms with Gasteiger partial charge in [-0.3, -0.25) is 0 Å². The van der Waals surface area contributed by atoms with Gasteiger partial charge in [0.05, 0.1) is 4.90 Å². The fraction of sp³-hybridized carbons (Fsp3) is 0.571. The fourth-order valence-corrected chi connectivity index (χ4v) is 3.79. The Morgan fingerprint density at radius 1 is 1.25 bits per heavy atom. The van der Waals surface area contributed by atoms with Gasteiger partial charge in [0.2, 0.25) is 10.0 Å². The van der Waals surface area contributed by atoms with Crippen LogP contribution in [0.5, 0.6) is 0 Å². The quantitative estimate of drug-likeness (QED) is 0.730. The van der Waals surface area contributed by atoms with Crippen LogP contribution in [-0.2, 0) is 16.4 Å². The molecule has 0 heterocycles. The number of rotatable bonds is 9. The average molecular weight is 316 g/mol. The molecular formula is C14H24N2O2S2. The zero-order chi connectivity index (χ0) is 15.0. The minimum absolute atomic E-state index is 0.0612. The molecule has 0 spiro atoms. The molecule has 0 aliphatic heterocycles. The highest BCUT2D eigenvalue weighted by Gasteiger charge is 2.16. The van der Waals surface area contributed by atoms with Crippen LogP contribution >= 0.6 is 11.8 Å². The summed E-state index contributed by atoms with van der Waals surface area (Å²) < 4.78 is 27.1. The predicted molar refractivity (Wildman–Crippen MR) is 86.9 cm³/mol. The lowest BCUT2D eigenvalue weighted by Crippen LogP contribution is -2.34. The zero-order valence-corrected chi connectivity index (χ0v) is 14.0. The Hall–Kier alpha value is -0.560. The molecule has 114 valence electrons. The number of benzene rings is 1. The minimum atomic E-state index is -3.41. The molecular weight excluding hydrogens is 292 g/mol. The summed E-state index contributed by atoms with van der Waals surface area (Å²) in [7, 11) is -1.50. The van der Waals surface area contributed by atoms with Gasteiger partial charge in [-0.05, 0) is 50.4 Å². The van der Waals surface area contributed by atoms with Crippen LogP contribution in [0.15, 0.2) is 29.2 Å². The first-order valence-corrected chi connectivity index (χ1v) is 9.47. The van der Waals surface area contributed by atoms with Crippen LogP contribution in [0.25, 0.3) is 0 Å². The number of nitrogens with one attached hydrogen (secondary N) is 2. The summed E-state index contributed by atoms with van der Waals surface area (Å²) in [6.07, 6.45) is 0.897. The van der Waals surface area contributed by atoms with Crippen molar-refractivity contribution in [3.8, 4) is 0 Å². The van der Waals surface area contributed by atoms with Crippen molar-refractivity contribution in [3.63, 3.8) is 0 Å². The Bertz CT molecular complexity index is 486. The first-order chi connectivity index (χ1) is 9.49. The van der Waals surface area contributed by atoms with Crippen LogP contribution in [0.4, 0.5) is 0 Å². The molecule has 1 atom stereocenters. The van der Waals surface area contributed by atoms with E-state index in [9.17, 15) is 8.42 Å². The molecule has 0 saturated heterocycles.